The Morgan fingerprint density at radius 1 is 1.30 bits per heavy atom. The fourth-order valence-corrected chi connectivity index (χ4v) is 2.15. The van der Waals surface area contributed by atoms with Gasteiger partial charge in [0.2, 0.25) is 5.91 Å². The molecule has 0 fully saturated rings. The van der Waals surface area contributed by atoms with Crippen molar-refractivity contribution in [3.8, 4) is 5.75 Å². The van der Waals surface area contributed by atoms with Gasteiger partial charge in [0.25, 0.3) is 0 Å². The van der Waals surface area contributed by atoms with E-state index in [9.17, 15) is 4.79 Å². The van der Waals surface area contributed by atoms with E-state index in [1.54, 1.807) is 0 Å². The summed E-state index contributed by atoms with van der Waals surface area (Å²) in [4.78, 5) is 11.6. The highest BCUT2D eigenvalue weighted by molar-refractivity contribution is 7.95. The van der Waals surface area contributed by atoms with Crippen LogP contribution in [-0.4, -0.2) is 30.8 Å². The first-order chi connectivity index (χ1) is 9.50. The van der Waals surface area contributed by atoms with Crippen molar-refractivity contribution in [2.24, 2.45) is 0 Å². The minimum Gasteiger partial charge on any atom is -0.425 e. The van der Waals surface area contributed by atoms with E-state index in [1.165, 1.54) is 17.6 Å². The summed E-state index contributed by atoms with van der Waals surface area (Å²) < 4.78 is 5.57. The second kappa shape index (κ2) is 8.87. The van der Waals surface area contributed by atoms with Crippen molar-refractivity contribution in [3.05, 3.63) is 29.3 Å². The monoisotopic (exact) mass is 296 g/mol. The first kappa shape index (κ1) is 16.9. The number of nitrogens with one attached hydrogen (secondary N) is 2. The van der Waals surface area contributed by atoms with Crippen LogP contribution in [0.5, 0.6) is 5.75 Å². The summed E-state index contributed by atoms with van der Waals surface area (Å²) >= 11 is 1.17. The Hall–Kier alpha value is -1.20. The molecule has 0 bridgehead atoms. The maximum atomic E-state index is 11.6. The Morgan fingerprint density at radius 3 is 2.75 bits per heavy atom. The summed E-state index contributed by atoms with van der Waals surface area (Å²) in [6, 6.07) is 6.35. The van der Waals surface area contributed by atoms with Crippen LogP contribution in [0.4, 0.5) is 0 Å². The molecular weight excluding hydrogens is 272 g/mol. The van der Waals surface area contributed by atoms with Crippen molar-refractivity contribution in [1.29, 1.82) is 0 Å². The van der Waals surface area contributed by atoms with Gasteiger partial charge in [0.1, 0.15) is 11.5 Å². The van der Waals surface area contributed by atoms with Crippen molar-refractivity contribution in [2.75, 3.05) is 18.8 Å². The summed E-state index contributed by atoms with van der Waals surface area (Å²) in [5.74, 6) is 1.12. The number of hydrogen-bond donors (Lipinski definition) is 2. The number of aryl methyl sites for hydroxylation is 1. The van der Waals surface area contributed by atoms with Crippen molar-refractivity contribution in [3.63, 3.8) is 0 Å². The van der Waals surface area contributed by atoms with Crippen LogP contribution >= 0.6 is 12.0 Å². The van der Waals surface area contributed by atoms with E-state index in [0.29, 0.717) is 18.3 Å². The summed E-state index contributed by atoms with van der Waals surface area (Å²) in [6.45, 7) is 9.64. The van der Waals surface area contributed by atoms with Crippen molar-refractivity contribution < 1.29 is 8.98 Å². The summed E-state index contributed by atoms with van der Waals surface area (Å²) in [6.07, 6.45) is 0. The third-order valence-electron chi connectivity index (χ3n) is 2.89. The third-order valence-corrected chi connectivity index (χ3v) is 3.57. The van der Waals surface area contributed by atoms with E-state index < -0.39 is 0 Å². The second-order valence-electron chi connectivity index (χ2n) is 5.00. The molecule has 1 aromatic rings. The van der Waals surface area contributed by atoms with Crippen molar-refractivity contribution in [1.82, 2.24) is 10.6 Å². The number of amides is 1. The SMILES string of the molecule is Cc1cccc(OSCC(=O)NCCNC(C)C)c1C. The van der Waals surface area contributed by atoms with Gasteiger partial charge in [-0.3, -0.25) is 4.79 Å². The van der Waals surface area contributed by atoms with Gasteiger partial charge in [-0.05, 0) is 31.0 Å². The lowest BCUT2D eigenvalue weighted by Gasteiger charge is -2.10. The Labute approximate surface area is 125 Å². The average molecular weight is 296 g/mol. The van der Waals surface area contributed by atoms with E-state index >= 15 is 0 Å². The summed E-state index contributed by atoms with van der Waals surface area (Å²) in [7, 11) is 0. The average Bonchev–Trinajstić information content (AvgIpc) is 2.39. The predicted octanol–water partition coefficient (Wildman–Crippen LogP) is 2.44. The van der Waals surface area contributed by atoms with Crippen LogP contribution in [-0.2, 0) is 4.79 Å². The second-order valence-corrected chi connectivity index (χ2v) is 5.69. The molecule has 0 unspecified atom stereocenters. The number of rotatable bonds is 8. The van der Waals surface area contributed by atoms with Crippen molar-refractivity contribution in [2.45, 2.75) is 33.7 Å². The lowest BCUT2D eigenvalue weighted by Crippen LogP contribution is -2.35. The maximum Gasteiger partial charge on any atom is 0.233 e. The molecule has 112 valence electrons. The Kier molecular flexibility index (Phi) is 7.47. The molecule has 1 aromatic carbocycles. The highest BCUT2D eigenvalue weighted by Gasteiger charge is 2.05. The number of carbonyl (C=O) groups is 1. The molecule has 0 atom stereocenters. The van der Waals surface area contributed by atoms with Gasteiger partial charge >= 0.3 is 0 Å². The van der Waals surface area contributed by atoms with Gasteiger partial charge in [0.05, 0.1) is 12.0 Å². The fourth-order valence-electron chi connectivity index (χ4n) is 1.57. The Bertz CT molecular complexity index is 436. The zero-order chi connectivity index (χ0) is 15.0. The van der Waals surface area contributed by atoms with Crippen LogP contribution in [0.15, 0.2) is 18.2 Å². The quantitative estimate of drug-likeness (QED) is 0.571. The van der Waals surface area contributed by atoms with Gasteiger partial charge in [-0.1, -0.05) is 26.0 Å². The van der Waals surface area contributed by atoms with E-state index in [0.717, 1.165) is 17.9 Å². The molecule has 0 aromatic heterocycles. The van der Waals surface area contributed by atoms with E-state index in [1.807, 2.05) is 32.0 Å². The van der Waals surface area contributed by atoms with Crippen LogP contribution < -0.4 is 14.8 Å². The van der Waals surface area contributed by atoms with Gasteiger partial charge in [0, 0.05) is 19.1 Å². The van der Waals surface area contributed by atoms with Gasteiger partial charge in [-0.15, -0.1) is 0 Å². The number of hydrogen-bond acceptors (Lipinski definition) is 4. The molecule has 0 radical (unpaired) electrons. The lowest BCUT2D eigenvalue weighted by molar-refractivity contribution is -0.118. The van der Waals surface area contributed by atoms with Gasteiger partial charge < -0.3 is 14.8 Å². The first-order valence-electron chi connectivity index (χ1n) is 6.86. The third kappa shape index (κ3) is 6.30. The Morgan fingerprint density at radius 2 is 2.05 bits per heavy atom. The van der Waals surface area contributed by atoms with Crippen LogP contribution in [0.25, 0.3) is 0 Å². The topological polar surface area (TPSA) is 50.4 Å². The molecule has 5 heteroatoms. The van der Waals surface area contributed by atoms with Crippen LogP contribution in [0.1, 0.15) is 25.0 Å². The molecule has 20 heavy (non-hydrogen) atoms. The molecule has 0 heterocycles. The highest BCUT2D eigenvalue weighted by Crippen LogP contribution is 2.23. The molecule has 0 aliphatic carbocycles. The largest absolute Gasteiger partial charge is 0.425 e. The van der Waals surface area contributed by atoms with Gasteiger partial charge in [-0.25, -0.2) is 0 Å². The standard InChI is InChI=1S/C15H24N2O2S/c1-11(2)16-8-9-17-15(18)10-20-19-14-7-5-6-12(3)13(14)4/h5-7,11,16H,8-10H2,1-4H3,(H,17,18). The molecule has 4 nitrogen and oxygen atoms in total. The number of benzene rings is 1. The zero-order valence-corrected chi connectivity index (χ0v) is 13.5. The molecule has 0 aliphatic heterocycles. The zero-order valence-electron chi connectivity index (χ0n) is 12.7. The molecule has 1 amide bonds. The Balaban J connectivity index is 2.20. The molecule has 0 spiro atoms. The van der Waals surface area contributed by atoms with E-state index in [2.05, 4.69) is 24.5 Å². The fraction of sp³-hybridized carbons (Fsp3) is 0.533. The lowest BCUT2D eigenvalue weighted by atomic mass is 10.1. The minimum atomic E-state index is -0.00846. The minimum absolute atomic E-state index is 0.00846. The van der Waals surface area contributed by atoms with E-state index in [4.69, 9.17) is 4.18 Å². The molecule has 1 rings (SSSR count). The van der Waals surface area contributed by atoms with Crippen LogP contribution in [0, 0.1) is 13.8 Å². The molecule has 0 saturated heterocycles. The number of carbonyl (C=O) groups excluding carboxylic acids is 1. The summed E-state index contributed by atoms with van der Waals surface area (Å²) in [5, 5.41) is 6.09. The summed E-state index contributed by atoms with van der Waals surface area (Å²) in [5.41, 5.74) is 2.30. The van der Waals surface area contributed by atoms with Crippen molar-refractivity contribution >= 4 is 17.9 Å². The maximum absolute atomic E-state index is 11.6. The van der Waals surface area contributed by atoms with Gasteiger partial charge in [0.15, 0.2) is 0 Å². The van der Waals surface area contributed by atoms with Crippen LogP contribution in [0.2, 0.25) is 0 Å². The molecular formula is C15H24N2O2S. The molecule has 2 N–H and O–H groups in total. The highest BCUT2D eigenvalue weighted by atomic mass is 32.2. The first-order valence-corrected chi connectivity index (χ1v) is 7.77. The van der Waals surface area contributed by atoms with Crippen LogP contribution in [0.3, 0.4) is 0 Å². The molecule has 0 saturated carbocycles. The van der Waals surface area contributed by atoms with Gasteiger partial charge in [-0.2, -0.15) is 0 Å². The molecule has 0 aliphatic rings. The van der Waals surface area contributed by atoms with E-state index in [-0.39, 0.29) is 5.91 Å². The normalized spacial score (nSPS) is 10.7. The predicted molar refractivity (Wildman–Crippen MR) is 85.2 cm³/mol. The smallest absolute Gasteiger partial charge is 0.233 e.